The number of allylic oxidation sites excluding steroid dienone is 2. The Morgan fingerprint density at radius 2 is 0.750 bits per heavy atom. The molecule has 0 aromatic carbocycles. The lowest BCUT2D eigenvalue weighted by molar-refractivity contribution is 0.375. The summed E-state index contributed by atoms with van der Waals surface area (Å²) in [5, 5.41) is 0. The van der Waals surface area contributed by atoms with E-state index in [2.05, 4.69) is 69.2 Å². The zero-order valence-electron chi connectivity index (χ0n) is 13.2. The van der Waals surface area contributed by atoms with Crippen LogP contribution in [0.25, 0.3) is 0 Å². The summed E-state index contributed by atoms with van der Waals surface area (Å²) in [6.45, 7) is 23.4. The lowest BCUT2D eigenvalue weighted by Gasteiger charge is -2.38. The summed E-state index contributed by atoms with van der Waals surface area (Å²) in [5.41, 5.74) is 3.85. The summed E-state index contributed by atoms with van der Waals surface area (Å²) >= 11 is 0. The van der Waals surface area contributed by atoms with Crippen molar-refractivity contribution in [3.05, 3.63) is 11.1 Å². The highest BCUT2D eigenvalue weighted by Gasteiger charge is 2.30. The number of hydrogen-bond donors (Lipinski definition) is 0. The molecule has 0 aromatic rings. The van der Waals surface area contributed by atoms with Crippen LogP contribution in [0.5, 0.6) is 0 Å². The molecule has 0 aromatic heterocycles. The van der Waals surface area contributed by atoms with Crippen molar-refractivity contribution in [3.63, 3.8) is 0 Å². The fourth-order valence-electron chi connectivity index (χ4n) is 3.16. The van der Waals surface area contributed by atoms with E-state index in [1.165, 1.54) is 0 Å². The topological polar surface area (TPSA) is 0 Å². The molecule has 0 spiro atoms. The van der Waals surface area contributed by atoms with Crippen molar-refractivity contribution >= 4 is 0 Å². The molecule has 0 bridgehead atoms. The van der Waals surface area contributed by atoms with Gasteiger partial charge in [0.15, 0.2) is 0 Å². The summed E-state index contributed by atoms with van der Waals surface area (Å²) < 4.78 is 0. The quantitative estimate of drug-likeness (QED) is 0.529. The van der Waals surface area contributed by atoms with E-state index in [-0.39, 0.29) is 10.8 Å². The largest absolute Gasteiger partial charge is 0.0623 e. The summed E-state index contributed by atoms with van der Waals surface area (Å²) in [5.74, 6) is 1.27. The second-order valence-corrected chi connectivity index (χ2v) is 7.64. The first-order chi connectivity index (χ1) is 6.89. The van der Waals surface area contributed by atoms with Gasteiger partial charge in [0.1, 0.15) is 0 Å². The minimum Gasteiger partial charge on any atom is -0.0623 e. The Morgan fingerprint density at radius 1 is 0.562 bits per heavy atom. The Kier molecular flexibility index (Phi) is 4.86. The molecule has 0 nitrogen and oxygen atoms in total. The average Bonchev–Trinajstić information content (AvgIpc) is 1.92. The van der Waals surface area contributed by atoms with Crippen molar-refractivity contribution in [2.45, 2.75) is 69.2 Å². The van der Waals surface area contributed by atoms with Crippen LogP contribution in [0.3, 0.4) is 0 Å². The smallest absolute Gasteiger partial charge is 0.0167 e. The van der Waals surface area contributed by atoms with Gasteiger partial charge in [0, 0.05) is 0 Å². The van der Waals surface area contributed by atoms with Crippen LogP contribution in [-0.4, -0.2) is 0 Å². The van der Waals surface area contributed by atoms with Crippen LogP contribution in [0.2, 0.25) is 0 Å². The van der Waals surface area contributed by atoms with Crippen LogP contribution in [0, 0.1) is 22.7 Å². The molecular weight excluding hydrogens is 192 g/mol. The first kappa shape index (κ1) is 15.7. The van der Waals surface area contributed by atoms with E-state index >= 15 is 0 Å². The normalized spacial score (nSPS) is 15.8. The van der Waals surface area contributed by atoms with Gasteiger partial charge in [-0.05, 0) is 22.7 Å². The van der Waals surface area contributed by atoms with Gasteiger partial charge >= 0.3 is 0 Å². The maximum Gasteiger partial charge on any atom is -0.0167 e. The first-order valence-corrected chi connectivity index (χ1v) is 6.64. The van der Waals surface area contributed by atoms with E-state index in [0.29, 0.717) is 11.8 Å². The summed E-state index contributed by atoms with van der Waals surface area (Å²) in [7, 11) is 0. The Labute approximate surface area is 104 Å². The third kappa shape index (κ3) is 3.96. The Balaban J connectivity index is 5.87. The van der Waals surface area contributed by atoms with Gasteiger partial charge < -0.3 is 0 Å². The van der Waals surface area contributed by atoms with Gasteiger partial charge in [-0.3, -0.25) is 0 Å². The van der Waals surface area contributed by atoms with Gasteiger partial charge in [-0.15, -0.1) is 0 Å². The van der Waals surface area contributed by atoms with Crippen molar-refractivity contribution in [2.24, 2.45) is 22.7 Å². The van der Waals surface area contributed by atoms with Gasteiger partial charge in [0.05, 0.1) is 0 Å². The Bertz CT molecular complexity index is 223. The number of rotatable bonds is 2. The lowest BCUT2D eigenvalue weighted by atomic mass is 9.68. The zero-order chi connectivity index (χ0) is 13.3. The van der Waals surface area contributed by atoms with Gasteiger partial charge in [-0.25, -0.2) is 0 Å². The molecule has 0 aliphatic heterocycles. The molecule has 0 atom stereocenters. The van der Waals surface area contributed by atoms with Crippen LogP contribution in [-0.2, 0) is 0 Å². The SMILES string of the molecule is CC(C)/C(=C(/C(C)C)C(C)(C)C)C(C)(C)C. The molecule has 0 radical (unpaired) electrons. The molecule has 0 fully saturated rings. The molecule has 0 saturated heterocycles. The second kappa shape index (κ2) is 4.94. The van der Waals surface area contributed by atoms with E-state index in [1.807, 2.05) is 0 Å². The predicted octanol–water partition coefficient (Wildman–Crippen LogP) is 5.69. The van der Waals surface area contributed by atoms with Gasteiger partial charge in [-0.2, -0.15) is 0 Å². The van der Waals surface area contributed by atoms with Crippen molar-refractivity contribution < 1.29 is 0 Å². The minimum atomic E-state index is 0.279. The van der Waals surface area contributed by atoms with Crippen LogP contribution in [0.15, 0.2) is 11.1 Å². The molecule has 0 amide bonds. The molecule has 0 aliphatic carbocycles. The maximum absolute atomic E-state index is 2.34. The highest BCUT2D eigenvalue weighted by atomic mass is 14.4. The molecule has 16 heavy (non-hydrogen) atoms. The Hall–Kier alpha value is -0.260. The standard InChI is InChI=1S/C16H32/c1-11(2)13(15(5,6)7)14(12(3)4)16(8,9)10/h11-12H,1-10H3/b14-13+. The van der Waals surface area contributed by atoms with Crippen LogP contribution < -0.4 is 0 Å². The summed E-state index contributed by atoms with van der Waals surface area (Å²) in [6, 6.07) is 0. The summed E-state index contributed by atoms with van der Waals surface area (Å²) in [4.78, 5) is 0. The van der Waals surface area contributed by atoms with Gasteiger partial charge in [0.25, 0.3) is 0 Å². The predicted molar refractivity (Wildman–Crippen MR) is 75.6 cm³/mol. The van der Waals surface area contributed by atoms with E-state index < -0.39 is 0 Å². The summed E-state index contributed by atoms with van der Waals surface area (Å²) in [6.07, 6.45) is 0. The van der Waals surface area contributed by atoms with Gasteiger partial charge in [-0.1, -0.05) is 80.4 Å². The van der Waals surface area contributed by atoms with E-state index in [0.717, 1.165) is 0 Å². The maximum atomic E-state index is 2.34. The van der Waals surface area contributed by atoms with E-state index in [9.17, 15) is 0 Å². The molecule has 0 aliphatic rings. The minimum absolute atomic E-state index is 0.279. The third-order valence-corrected chi connectivity index (χ3v) is 3.06. The molecule has 0 heteroatoms. The lowest BCUT2D eigenvalue weighted by Crippen LogP contribution is -2.25. The highest BCUT2D eigenvalue weighted by molar-refractivity contribution is 5.27. The molecule has 0 unspecified atom stereocenters. The van der Waals surface area contributed by atoms with Gasteiger partial charge in [0.2, 0.25) is 0 Å². The molecule has 96 valence electrons. The third-order valence-electron chi connectivity index (χ3n) is 3.06. The molecule has 0 saturated carbocycles. The molecule has 0 N–H and O–H groups in total. The van der Waals surface area contributed by atoms with Crippen LogP contribution >= 0.6 is 0 Å². The van der Waals surface area contributed by atoms with E-state index in [1.54, 1.807) is 11.1 Å². The van der Waals surface area contributed by atoms with Crippen molar-refractivity contribution in [1.82, 2.24) is 0 Å². The van der Waals surface area contributed by atoms with Crippen molar-refractivity contribution in [1.29, 1.82) is 0 Å². The van der Waals surface area contributed by atoms with Crippen LogP contribution in [0.1, 0.15) is 69.2 Å². The van der Waals surface area contributed by atoms with E-state index in [4.69, 9.17) is 0 Å². The first-order valence-electron chi connectivity index (χ1n) is 6.64. The molecule has 0 heterocycles. The second-order valence-electron chi connectivity index (χ2n) is 7.64. The average molecular weight is 224 g/mol. The monoisotopic (exact) mass is 224 g/mol. The van der Waals surface area contributed by atoms with Crippen molar-refractivity contribution in [3.8, 4) is 0 Å². The fraction of sp³-hybridized carbons (Fsp3) is 0.875. The zero-order valence-corrected chi connectivity index (χ0v) is 13.2. The highest BCUT2D eigenvalue weighted by Crippen LogP contribution is 2.43. The number of hydrogen-bond acceptors (Lipinski definition) is 0. The Morgan fingerprint density at radius 3 is 0.812 bits per heavy atom. The van der Waals surface area contributed by atoms with Crippen molar-refractivity contribution in [2.75, 3.05) is 0 Å². The molecular formula is C16H32. The fourth-order valence-corrected chi connectivity index (χ4v) is 3.16. The molecule has 0 rings (SSSR count). The van der Waals surface area contributed by atoms with Crippen LogP contribution in [0.4, 0.5) is 0 Å².